The molecule has 2 rings (SSSR count). The predicted octanol–water partition coefficient (Wildman–Crippen LogP) is 2.31. The molecule has 0 saturated carbocycles. The van der Waals surface area contributed by atoms with Gasteiger partial charge >= 0.3 is 0 Å². The molecule has 2 aromatic rings. The number of hydrogen-bond acceptors (Lipinski definition) is 7. The molecule has 0 radical (unpaired) electrons. The number of anilines is 1. The molecule has 0 atom stereocenters. The van der Waals surface area contributed by atoms with Crippen molar-refractivity contribution in [2.45, 2.75) is 13.5 Å². The van der Waals surface area contributed by atoms with Gasteiger partial charge in [-0.3, -0.25) is 4.79 Å². The van der Waals surface area contributed by atoms with Gasteiger partial charge in [0.15, 0.2) is 6.29 Å². The minimum absolute atomic E-state index is 0.192. The normalized spacial score (nSPS) is 10.0. The molecule has 0 bridgehead atoms. The van der Waals surface area contributed by atoms with E-state index in [0.717, 1.165) is 5.56 Å². The summed E-state index contributed by atoms with van der Waals surface area (Å²) in [6.07, 6.45) is 3.78. The van der Waals surface area contributed by atoms with Crippen LogP contribution in [0.1, 0.15) is 28.4 Å². The molecule has 0 amide bonds. The number of methoxy groups -OCH3 is 1. The average Bonchev–Trinajstić information content (AvgIpc) is 2.58. The van der Waals surface area contributed by atoms with E-state index in [9.17, 15) is 4.79 Å². The van der Waals surface area contributed by atoms with Crippen molar-refractivity contribution < 1.29 is 14.3 Å². The maximum Gasteiger partial charge on any atom is 0.213 e. The molecule has 120 valence electrons. The number of carbonyl (C=O) groups is 1. The zero-order chi connectivity index (χ0) is 16.8. The monoisotopic (exact) mass is 314 g/mol. The maximum atomic E-state index is 11.2. The third-order valence-corrected chi connectivity index (χ3v) is 3.24. The number of ether oxygens (including phenoxy) is 2. The Morgan fingerprint density at radius 3 is 2.83 bits per heavy atom. The van der Waals surface area contributed by atoms with Crippen LogP contribution in [0.3, 0.4) is 0 Å². The van der Waals surface area contributed by atoms with Crippen LogP contribution in [0.2, 0.25) is 0 Å². The Balaban J connectivity index is 2.28. The molecule has 0 aromatic carbocycles. The van der Waals surface area contributed by atoms with Gasteiger partial charge in [-0.05, 0) is 13.0 Å². The van der Waals surface area contributed by atoms with Crippen molar-refractivity contribution in [2.24, 2.45) is 0 Å². The van der Waals surface area contributed by atoms with Crippen molar-refractivity contribution in [3.63, 3.8) is 0 Å². The van der Waals surface area contributed by atoms with Crippen LogP contribution in [-0.4, -0.2) is 36.1 Å². The van der Waals surface area contributed by atoms with Crippen molar-refractivity contribution in [3.05, 3.63) is 41.2 Å². The van der Waals surface area contributed by atoms with E-state index in [1.54, 1.807) is 26.2 Å². The van der Waals surface area contributed by atoms with Gasteiger partial charge in [-0.2, -0.15) is 0 Å². The van der Waals surface area contributed by atoms with E-state index < -0.39 is 0 Å². The molecule has 23 heavy (non-hydrogen) atoms. The zero-order valence-corrected chi connectivity index (χ0v) is 13.2. The highest BCUT2D eigenvalue weighted by Gasteiger charge is 2.13. The molecule has 0 aliphatic carbocycles. The van der Waals surface area contributed by atoms with Gasteiger partial charge < -0.3 is 20.2 Å². The van der Waals surface area contributed by atoms with Crippen molar-refractivity contribution in [2.75, 3.05) is 19.5 Å². The quantitative estimate of drug-likeness (QED) is 0.601. The highest BCUT2D eigenvalue weighted by molar-refractivity contribution is 6.01. The summed E-state index contributed by atoms with van der Waals surface area (Å²) in [7, 11) is 3.23. The molecule has 0 aliphatic rings. The maximum absolute atomic E-state index is 11.2. The number of aldehydes is 1. The van der Waals surface area contributed by atoms with E-state index in [1.165, 1.54) is 19.4 Å². The first-order valence-electron chi connectivity index (χ1n) is 6.93. The van der Waals surface area contributed by atoms with Gasteiger partial charge in [0.25, 0.3) is 0 Å². The average molecular weight is 314 g/mol. The van der Waals surface area contributed by atoms with Crippen LogP contribution in [0.15, 0.2) is 24.5 Å². The lowest BCUT2D eigenvalue weighted by molar-refractivity contribution is 0.111. The molecule has 0 unspecified atom stereocenters. The topological polar surface area (TPSA) is 97.2 Å². The molecule has 0 aliphatic heterocycles. The summed E-state index contributed by atoms with van der Waals surface area (Å²) < 4.78 is 10.7. The lowest BCUT2D eigenvalue weighted by atomic mass is 10.1. The largest absolute Gasteiger partial charge is 0.487 e. The summed E-state index contributed by atoms with van der Waals surface area (Å²) in [6.45, 7) is 1.88. The fourth-order valence-electron chi connectivity index (χ4n) is 2.15. The lowest BCUT2D eigenvalue weighted by Crippen LogP contribution is -2.09. The highest BCUT2D eigenvalue weighted by Crippen LogP contribution is 2.23. The standard InChI is InChI=1S/C16H18N4O3/c1-10(17)15-11(4-5-19-16(15)18-2)9-23-13-7-20-14(22-3)6-12(13)8-21/h4-8,17H,9H2,1-3H3,(H,18,19). The molecule has 7 heteroatoms. The molecule has 0 fully saturated rings. The van der Waals surface area contributed by atoms with Crippen molar-refractivity contribution in [1.82, 2.24) is 9.97 Å². The number of hydrogen-bond donors (Lipinski definition) is 2. The van der Waals surface area contributed by atoms with E-state index in [0.29, 0.717) is 40.6 Å². The zero-order valence-electron chi connectivity index (χ0n) is 13.2. The van der Waals surface area contributed by atoms with Crippen LogP contribution in [-0.2, 0) is 6.61 Å². The number of nitrogens with one attached hydrogen (secondary N) is 2. The number of pyridine rings is 2. The van der Waals surface area contributed by atoms with Gasteiger partial charge in [-0.25, -0.2) is 9.97 Å². The third kappa shape index (κ3) is 3.63. The minimum atomic E-state index is 0.192. The number of carbonyl (C=O) groups excluding carboxylic acids is 1. The van der Waals surface area contributed by atoms with E-state index in [4.69, 9.17) is 14.9 Å². The Labute approximate surface area is 134 Å². The summed E-state index contributed by atoms with van der Waals surface area (Å²) >= 11 is 0. The SMILES string of the molecule is CNc1nccc(COc2cnc(OC)cc2C=O)c1C(C)=N. The van der Waals surface area contributed by atoms with Crippen LogP contribution >= 0.6 is 0 Å². The van der Waals surface area contributed by atoms with E-state index in [1.807, 2.05) is 0 Å². The van der Waals surface area contributed by atoms with E-state index >= 15 is 0 Å². The fourth-order valence-corrected chi connectivity index (χ4v) is 2.15. The first-order chi connectivity index (χ1) is 11.1. The molecular formula is C16H18N4O3. The summed E-state index contributed by atoms with van der Waals surface area (Å²) in [6, 6.07) is 3.29. The third-order valence-electron chi connectivity index (χ3n) is 3.24. The Kier molecular flexibility index (Phi) is 5.24. The summed E-state index contributed by atoms with van der Waals surface area (Å²) in [5.41, 5.74) is 2.21. The summed E-state index contributed by atoms with van der Waals surface area (Å²) in [4.78, 5) is 19.4. The number of aromatic nitrogens is 2. The van der Waals surface area contributed by atoms with Gasteiger partial charge in [-0.1, -0.05) is 0 Å². The minimum Gasteiger partial charge on any atom is -0.487 e. The first kappa shape index (κ1) is 16.4. The predicted molar refractivity (Wildman–Crippen MR) is 86.8 cm³/mol. The van der Waals surface area contributed by atoms with Crippen LogP contribution in [0, 0.1) is 5.41 Å². The molecule has 2 heterocycles. The smallest absolute Gasteiger partial charge is 0.213 e. The van der Waals surface area contributed by atoms with E-state index in [-0.39, 0.29) is 6.61 Å². The molecule has 7 nitrogen and oxygen atoms in total. The van der Waals surface area contributed by atoms with Gasteiger partial charge in [0.2, 0.25) is 5.88 Å². The van der Waals surface area contributed by atoms with Gasteiger partial charge in [0, 0.05) is 36.1 Å². The Bertz CT molecular complexity index is 731. The van der Waals surface area contributed by atoms with Crippen LogP contribution in [0.5, 0.6) is 11.6 Å². The van der Waals surface area contributed by atoms with Crippen LogP contribution < -0.4 is 14.8 Å². The molecule has 2 N–H and O–H groups in total. The molecular weight excluding hydrogens is 296 g/mol. The Hall–Kier alpha value is -2.96. The van der Waals surface area contributed by atoms with Gasteiger partial charge in [-0.15, -0.1) is 0 Å². The summed E-state index contributed by atoms with van der Waals surface area (Å²) in [5.74, 6) is 1.32. The Morgan fingerprint density at radius 2 is 2.22 bits per heavy atom. The van der Waals surface area contributed by atoms with Crippen LogP contribution in [0.25, 0.3) is 0 Å². The number of nitrogens with zero attached hydrogens (tertiary/aromatic N) is 2. The molecule has 0 spiro atoms. The van der Waals surface area contributed by atoms with E-state index in [2.05, 4.69) is 15.3 Å². The van der Waals surface area contributed by atoms with Gasteiger partial charge in [0.1, 0.15) is 18.2 Å². The second kappa shape index (κ2) is 7.35. The fraction of sp³-hybridized carbons (Fsp3) is 0.250. The molecule has 2 aromatic heterocycles. The second-order valence-corrected chi connectivity index (χ2v) is 4.74. The second-order valence-electron chi connectivity index (χ2n) is 4.74. The van der Waals surface area contributed by atoms with Crippen molar-refractivity contribution >= 4 is 17.8 Å². The van der Waals surface area contributed by atoms with Gasteiger partial charge in [0.05, 0.1) is 18.9 Å². The van der Waals surface area contributed by atoms with Crippen LogP contribution in [0.4, 0.5) is 5.82 Å². The summed E-state index contributed by atoms with van der Waals surface area (Å²) in [5, 5.41) is 10.9. The van der Waals surface area contributed by atoms with Crippen molar-refractivity contribution in [1.29, 1.82) is 5.41 Å². The lowest BCUT2D eigenvalue weighted by Gasteiger charge is -2.14. The molecule has 0 saturated heterocycles. The number of rotatable bonds is 7. The highest BCUT2D eigenvalue weighted by atomic mass is 16.5. The van der Waals surface area contributed by atoms with Crippen molar-refractivity contribution in [3.8, 4) is 11.6 Å². The Morgan fingerprint density at radius 1 is 1.43 bits per heavy atom. The first-order valence-corrected chi connectivity index (χ1v) is 6.93.